The van der Waals surface area contributed by atoms with Gasteiger partial charge in [-0.15, -0.1) is 0 Å². The van der Waals surface area contributed by atoms with Crippen LogP contribution in [0.4, 0.5) is 11.6 Å². The molecule has 1 amide bonds. The maximum absolute atomic E-state index is 12.6. The topological polar surface area (TPSA) is 61.4 Å². The summed E-state index contributed by atoms with van der Waals surface area (Å²) in [4.78, 5) is 25.7. The number of piperidine rings is 1. The van der Waals surface area contributed by atoms with Crippen molar-refractivity contribution in [3.05, 3.63) is 46.7 Å². The zero-order chi connectivity index (χ0) is 19.9. The van der Waals surface area contributed by atoms with Gasteiger partial charge in [-0.25, -0.2) is 9.97 Å². The normalized spacial score (nSPS) is 14.0. The van der Waals surface area contributed by atoms with Crippen LogP contribution in [0.2, 0.25) is 5.02 Å². The molecule has 0 aliphatic carbocycles. The lowest BCUT2D eigenvalue weighted by Crippen LogP contribution is -2.36. The number of anilines is 2. The molecule has 1 N–H and O–H groups in total. The third-order valence-electron chi connectivity index (χ3n) is 5.00. The number of amides is 1. The third-order valence-corrected chi connectivity index (χ3v) is 5.28. The van der Waals surface area contributed by atoms with Crippen molar-refractivity contribution in [1.82, 2.24) is 15.3 Å². The van der Waals surface area contributed by atoms with Crippen molar-refractivity contribution in [2.24, 2.45) is 0 Å². The maximum atomic E-state index is 12.6. The van der Waals surface area contributed by atoms with E-state index in [0.717, 1.165) is 38.2 Å². The minimum absolute atomic E-state index is 0.246. The van der Waals surface area contributed by atoms with Gasteiger partial charge in [-0.05, 0) is 50.8 Å². The predicted molar refractivity (Wildman–Crippen MR) is 115 cm³/mol. The Bertz CT molecular complexity index is 807. The number of nitrogens with zero attached hydrogens (tertiary/aromatic N) is 4. The Hall–Kier alpha value is -2.34. The molecule has 6 nitrogen and oxygen atoms in total. The van der Waals surface area contributed by atoms with Crippen LogP contribution in [0.3, 0.4) is 0 Å². The number of carbonyl (C=O) groups excluding carboxylic acids is 1. The summed E-state index contributed by atoms with van der Waals surface area (Å²) >= 11 is 6.20. The molecule has 1 fully saturated rings. The molecule has 150 valence electrons. The molecule has 0 saturated carbocycles. The minimum atomic E-state index is -0.258. The molecule has 0 spiro atoms. The van der Waals surface area contributed by atoms with Crippen LogP contribution in [-0.2, 0) is 0 Å². The Labute approximate surface area is 171 Å². The first-order valence-electron chi connectivity index (χ1n) is 9.95. The van der Waals surface area contributed by atoms with Gasteiger partial charge in [-0.2, -0.15) is 0 Å². The average Bonchev–Trinajstić information content (AvgIpc) is 2.72. The van der Waals surface area contributed by atoms with Crippen molar-refractivity contribution < 1.29 is 4.79 Å². The number of benzene rings is 1. The minimum Gasteiger partial charge on any atom is -0.370 e. The number of hydrogen-bond donors (Lipinski definition) is 1. The van der Waals surface area contributed by atoms with Crippen LogP contribution in [0, 0.1) is 6.92 Å². The van der Waals surface area contributed by atoms with Crippen molar-refractivity contribution in [1.29, 1.82) is 0 Å². The van der Waals surface area contributed by atoms with E-state index in [0.29, 0.717) is 19.0 Å². The number of likely N-dealkylation sites (N-methyl/N-ethyl adjacent to an activating group) is 1. The number of aryl methyl sites for hydroxylation is 1. The van der Waals surface area contributed by atoms with Gasteiger partial charge in [0, 0.05) is 38.4 Å². The zero-order valence-corrected chi connectivity index (χ0v) is 17.4. The van der Waals surface area contributed by atoms with Crippen molar-refractivity contribution in [3.8, 4) is 0 Å². The molecule has 1 aliphatic heterocycles. The van der Waals surface area contributed by atoms with Gasteiger partial charge in [0.05, 0.1) is 11.2 Å². The predicted octanol–water partition coefficient (Wildman–Crippen LogP) is 3.69. The number of halogens is 1. The first kappa shape index (κ1) is 20.4. The molecule has 1 aromatic heterocycles. The zero-order valence-electron chi connectivity index (χ0n) is 16.6. The van der Waals surface area contributed by atoms with E-state index in [1.165, 1.54) is 18.2 Å². The molecule has 1 aliphatic rings. The van der Waals surface area contributed by atoms with Crippen LogP contribution in [-0.4, -0.2) is 48.6 Å². The SMILES string of the molecule is CCN(CCNC(=O)c1nc(N2CCCCC2)ncc1Cl)c1cccc(C)c1. The third kappa shape index (κ3) is 5.13. The van der Waals surface area contributed by atoms with Gasteiger partial charge in [-0.1, -0.05) is 23.7 Å². The summed E-state index contributed by atoms with van der Waals surface area (Å²) in [6.07, 6.45) is 5.00. The largest absolute Gasteiger partial charge is 0.370 e. The summed E-state index contributed by atoms with van der Waals surface area (Å²) in [5.74, 6) is 0.329. The molecular weight excluding hydrogens is 374 g/mol. The van der Waals surface area contributed by atoms with E-state index >= 15 is 0 Å². The number of aromatic nitrogens is 2. The summed E-state index contributed by atoms with van der Waals surface area (Å²) in [6, 6.07) is 8.37. The van der Waals surface area contributed by atoms with Crippen LogP contribution < -0.4 is 15.1 Å². The van der Waals surface area contributed by atoms with Gasteiger partial charge in [0.15, 0.2) is 5.69 Å². The number of hydrogen-bond acceptors (Lipinski definition) is 5. The van der Waals surface area contributed by atoms with E-state index in [2.05, 4.69) is 63.2 Å². The van der Waals surface area contributed by atoms with Gasteiger partial charge >= 0.3 is 0 Å². The molecule has 1 aromatic carbocycles. The van der Waals surface area contributed by atoms with Gasteiger partial charge < -0.3 is 15.1 Å². The molecule has 2 heterocycles. The Morgan fingerprint density at radius 1 is 1.29 bits per heavy atom. The van der Waals surface area contributed by atoms with E-state index in [9.17, 15) is 4.79 Å². The Morgan fingerprint density at radius 2 is 2.07 bits per heavy atom. The molecule has 0 radical (unpaired) electrons. The lowest BCUT2D eigenvalue weighted by atomic mass is 10.1. The fourth-order valence-electron chi connectivity index (χ4n) is 3.45. The van der Waals surface area contributed by atoms with Crippen LogP contribution in [0.15, 0.2) is 30.5 Å². The summed E-state index contributed by atoms with van der Waals surface area (Å²) in [5.41, 5.74) is 2.62. The number of rotatable bonds is 7. The van der Waals surface area contributed by atoms with E-state index in [1.807, 2.05) is 0 Å². The molecule has 0 unspecified atom stereocenters. The highest BCUT2D eigenvalue weighted by Crippen LogP contribution is 2.20. The van der Waals surface area contributed by atoms with Crippen molar-refractivity contribution >= 4 is 29.1 Å². The molecule has 0 atom stereocenters. The summed E-state index contributed by atoms with van der Waals surface area (Å²) in [7, 11) is 0. The number of nitrogens with one attached hydrogen (secondary N) is 1. The lowest BCUT2D eigenvalue weighted by Gasteiger charge is -2.26. The highest BCUT2D eigenvalue weighted by Gasteiger charge is 2.19. The maximum Gasteiger partial charge on any atom is 0.271 e. The summed E-state index contributed by atoms with van der Waals surface area (Å²) in [6.45, 7) is 8.13. The van der Waals surface area contributed by atoms with Crippen LogP contribution in [0.5, 0.6) is 0 Å². The molecule has 3 rings (SSSR count). The quantitative estimate of drug-likeness (QED) is 0.766. The van der Waals surface area contributed by atoms with E-state index in [4.69, 9.17) is 11.6 Å². The smallest absolute Gasteiger partial charge is 0.271 e. The van der Waals surface area contributed by atoms with Crippen LogP contribution >= 0.6 is 11.6 Å². The second-order valence-corrected chi connectivity index (χ2v) is 7.50. The standard InChI is InChI=1S/C21H28ClN5O/c1-3-26(17-9-7-8-16(2)14-17)13-10-23-20(28)19-18(22)15-24-21(25-19)27-11-5-4-6-12-27/h7-9,14-15H,3-6,10-13H2,1-2H3,(H,23,28). The average molecular weight is 402 g/mol. The highest BCUT2D eigenvalue weighted by molar-refractivity contribution is 6.33. The van der Waals surface area contributed by atoms with Gasteiger partial charge in [0.1, 0.15) is 0 Å². The number of carbonyl (C=O) groups is 1. The monoisotopic (exact) mass is 401 g/mol. The van der Waals surface area contributed by atoms with Gasteiger partial charge in [0.25, 0.3) is 5.91 Å². The van der Waals surface area contributed by atoms with Crippen molar-refractivity contribution in [2.75, 3.05) is 42.5 Å². The van der Waals surface area contributed by atoms with Crippen molar-refractivity contribution in [3.63, 3.8) is 0 Å². The molecule has 0 bridgehead atoms. The first-order chi connectivity index (χ1) is 13.6. The van der Waals surface area contributed by atoms with Crippen LogP contribution in [0.25, 0.3) is 0 Å². The first-order valence-corrected chi connectivity index (χ1v) is 10.3. The fraction of sp³-hybridized carbons (Fsp3) is 0.476. The van der Waals surface area contributed by atoms with Crippen LogP contribution in [0.1, 0.15) is 42.2 Å². The molecule has 28 heavy (non-hydrogen) atoms. The van der Waals surface area contributed by atoms with Gasteiger partial charge in [-0.3, -0.25) is 4.79 Å². The Balaban J connectivity index is 1.61. The van der Waals surface area contributed by atoms with Gasteiger partial charge in [0.2, 0.25) is 5.95 Å². The second-order valence-electron chi connectivity index (χ2n) is 7.09. The summed E-state index contributed by atoms with van der Waals surface area (Å²) < 4.78 is 0. The van der Waals surface area contributed by atoms with E-state index in [1.54, 1.807) is 0 Å². The Kier molecular flexibility index (Phi) is 7.09. The van der Waals surface area contributed by atoms with E-state index in [-0.39, 0.29) is 16.6 Å². The molecular formula is C21H28ClN5O. The second kappa shape index (κ2) is 9.73. The lowest BCUT2D eigenvalue weighted by molar-refractivity contribution is 0.0949. The highest BCUT2D eigenvalue weighted by atomic mass is 35.5. The van der Waals surface area contributed by atoms with Crippen molar-refractivity contribution in [2.45, 2.75) is 33.1 Å². The molecule has 1 saturated heterocycles. The fourth-order valence-corrected chi connectivity index (χ4v) is 3.62. The summed E-state index contributed by atoms with van der Waals surface area (Å²) in [5, 5.41) is 3.23. The van der Waals surface area contributed by atoms with E-state index < -0.39 is 0 Å². The molecule has 7 heteroatoms. The molecule has 2 aromatic rings. The Morgan fingerprint density at radius 3 is 2.79 bits per heavy atom.